The molecule has 0 aliphatic carbocycles. The van der Waals surface area contributed by atoms with Crippen LogP contribution in [0.5, 0.6) is 0 Å². The molecule has 33 heavy (non-hydrogen) atoms. The molecule has 1 aliphatic heterocycles. The lowest BCUT2D eigenvalue weighted by molar-refractivity contribution is 0.580. The predicted molar refractivity (Wildman–Crippen MR) is 125 cm³/mol. The van der Waals surface area contributed by atoms with Crippen LogP contribution in [-0.2, 0) is 13.1 Å². The Kier molecular flexibility index (Phi) is 4.30. The fourth-order valence-electron chi connectivity index (χ4n) is 4.87. The molecule has 3 aromatic carbocycles. The molecule has 3 heterocycles. The third-order valence-corrected chi connectivity index (χ3v) is 6.37. The van der Waals surface area contributed by atoms with Crippen molar-refractivity contribution in [2.75, 3.05) is 0 Å². The van der Waals surface area contributed by atoms with Crippen LogP contribution in [0.1, 0.15) is 6.42 Å². The number of aromatic nitrogens is 2. The quantitative estimate of drug-likeness (QED) is 0.348. The average molecular weight is 440 g/mol. The topological polar surface area (TPSA) is 44.0 Å². The lowest BCUT2D eigenvalue weighted by Gasteiger charge is -2.15. The molecule has 6 heteroatoms. The van der Waals surface area contributed by atoms with E-state index >= 15 is 0 Å². The van der Waals surface area contributed by atoms with E-state index in [9.17, 15) is 18.4 Å². The summed E-state index contributed by atoms with van der Waals surface area (Å²) < 4.78 is 31.7. The van der Waals surface area contributed by atoms with Gasteiger partial charge in [-0.1, -0.05) is 42.5 Å². The van der Waals surface area contributed by atoms with E-state index in [-0.39, 0.29) is 16.7 Å². The van der Waals surface area contributed by atoms with E-state index in [0.717, 1.165) is 29.1 Å². The van der Waals surface area contributed by atoms with Gasteiger partial charge in [0.1, 0.15) is 11.6 Å². The van der Waals surface area contributed by atoms with Crippen molar-refractivity contribution in [1.29, 1.82) is 0 Å². The summed E-state index contributed by atoms with van der Waals surface area (Å²) in [5.74, 6) is -1.26. The van der Waals surface area contributed by atoms with Crippen LogP contribution < -0.4 is 11.1 Å². The van der Waals surface area contributed by atoms with Crippen molar-refractivity contribution in [3.63, 3.8) is 0 Å². The Morgan fingerprint density at radius 1 is 0.636 bits per heavy atom. The molecular weight excluding hydrogens is 422 g/mol. The zero-order chi connectivity index (χ0) is 22.7. The zero-order valence-corrected chi connectivity index (χ0v) is 17.5. The molecule has 0 amide bonds. The van der Waals surface area contributed by atoms with Gasteiger partial charge in [0.25, 0.3) is 11.1 Å². The maximum atomic E-state index is 14.5. The van der Waals surface area contributed by atoms with Crippen molar-refractivity contribution in [1.82, 2.24) is 9.13 Å². The number of hydrogen-bond donors (Lipinski definition) is 0. The highest BCUT2D eigenvalue weighted by molar-refractivity contribution is 6.05. The van der Waals surface area contributed by atoms with Gasteiger partial charge in [-0.25, -0.2) is 8.78 Å². The standard InChI is InChI=1S/C27H18F2N2O2/c28-19-9-10-23(29)21(15-19)22-14-18-8-7-17-13-20(16-5-2-1-3-6-16)26(32)30-11-4-12-31(27(22)33)25(18)24(17)30/h1-3,5-10,13-15H,4,11-12H2. The van der Waals surface area contributed by atoms with Crippen LogP contribution in [0.15, 0.2) is 82.4 Å². The molecule has 1 aliphatic rings. The van der Waals surface area contributed by atoms with Crippen molar-refractivity contribution < 1.29 is 8.78 Å². The minimum absolute atomic E-state index is 0.0631. The van der Waals surface area contributed by atoms with Crippen LogP contribution in [0.25, 0.3) is 44.1 Å². The first kappa shape index (κ1) is 19.6. The minimum Gasteiger partial charge on any atom is -0.306 e. The normalized spacial score (nSPS) is 13.0. The monoisotopic (exact) mass is 440 g/mol. The van der Waals surface area contributed by atoms with E-state index in [4.69, 9.17) is 0 Å². The minimum atomic E-state index is -0.653. The Bertz CT molecular complexity index is 1700. The third kappa shape index (κ3) is 2.94. The molecule has 2 aromatic heterocycles. The van der Waals surface area contributed by atoms with Gasteiger partial charge < -0.3 is 9.13 Å². The highest BCUT2D eigenvalue weighted by Crippen LogP contribution is 2.31. The van der Waals surface area contributed by atoms with Crippen LogP contribution >= 0.6 is 0 Å². The number of pyridine rings is 2. The Morgan fingerprint density at radius 3 is 1.91 bits per heavy atom. The summed E-state index contributed by atoms with van der Waals surface area (Å²) >= 11 is 0. The third-order valence-electron chi connectivity index (χ3n) is 6.37. The smallest absolute Gasteiger partial charge is 0.259 e. The number of benzene rings is 3. The maximum absolute atomic E-state index is 14.5. The summed E-state index contributed by atoms with van der Waals surface area (Å²) in [4.78, 5) is 26.9. The van der Waals surface area contributed by atoms with Crippen LogP contribution in [0.4, 0.5) is 8.78 Å². The van der Waals surface area contributed by atoms with Crippen molar-refractivity contribution in [2.24, 2.45) is 0 Å². The fraction of sp³-hybridized carbons (Fsp3) is 0.111. The van der Waals surface area contributed by atoms with Crippen LogP contribution in [0, 0.1) is 11.6 Å². The van der Waals surface area contributed by atoms with E-state index in [1.165, 1.54) is 0 Å². The van der Waals surface area contributed by atoms with Gasteiger partial charge in [0, 0.05) is 35.0 Å². The number of rotatable bonds is 2. The van der Waals surface area contributed by atoms with E-state index in [1.54, 1.807) is 15.2 Å². The van der Waals surface area contributed by atoms with Crippen molar-refractivity contribution in [3.8, 4) is 22.3 Å². The molecule has 0 saturated heterocycles. The van der Waals surface area contributed by atoms with Crippen LogP contribution in [-0.4, -0.2) is 9.13 Å². The molecule has 0 radical (unpaired) electrons. The van der Waals surface area contributed by atoms with Crippen molar-refractivity contribution in [3.05, 3.63) is 105 Å². The molecule has 0 unspecified atom stereocenters. The molecule has 0 N–H and O–H groups in total. The predicted octanol–water partition coefficient (Wildman–Crippen LogP) is 5.33. The largest absolute Gasteiger partial charge is 0.306 e. The second-order valence-electron chi connectivity index (χ2n) is 8.31. The fourth-order valence-corrected chi connectivity index (χ4v) is 4.87. The number of halogens is 2. The average Bonchev–Trinajstić information content (AvgIpc) is 3.04. The van der Waals surface area contributed by atoms with Crippen molar-refractivity contribution >= 4 is 21.8 Å². The molecule has 0 fully saturated rings. The Labute approximate surface area is 187 Å². The molecule has 0 bridgehead atoms. The zero-order valence-electron chi connectivity index (χ0n) is 17.5. The molecular formula is C27H18F2N2O2. The molecule has 0 saturated carbocycles. The highest BCUT2D eigenvalue weighted by atomic mass is 19.1. The van der Waals surface area contributed by atoms with Crippen LogP contribution in [0.2, 0.25) is 0 Å². The Balaban J connectivity index is 1.72. The van der Waals surface area contributed by atoms with Gasteiger partial charge in [-0.2, -0.15) is 0 Å². The van der Waals surface area contributed by atoms with Gasteiger partial charge in [-0.05, 0) is 42.3 Å². The van der Waals surface area contributed by atoms with E-state index in [2.05, 4.69) is 0 Å². The first-order valence-corrected chi connectivity index (χ1v) is 10.8. The van der Waals surface area contributed by atoms with Gasteiger partial charge in [-0.15, -0.1) is 0 Å². The summed E-state index contributed by atoms with van der Waals surface area (Å²) in [6.07, 6.45) is 0.562. The van der Waals surface area contributed by atoms with Gasteiger partial charge in [0.05, 0.1) is 16.6 Å². The molecule has 4 nitrogen and oxygen atoms in total. The van der Waals surface area contributed by atoms with Crippen LogP contribution in [0.3, 0.4) is 0 Å². The molecule has 0 spiro atoms. The number of hydrogen-bond acceptors (Lipinski definition) is 2. The number of nitrogens with zero attached hydrogens (tertiary/aromatic N) is 2. The summed E-state index contributed by atoms with van der Waals surface area (Å²) in [6, 6.07) is 19.8. The molecule has 5 aromatic rings. The first-order chi connectivity index (χ1) is 16.0. The maximum Gasteiger partial charge on any atom is 0.259 e. The lowest BCUT2D eigenvalue weighted by atomic mass is 10.0. The molecule has 6 rings (SSSR count). The van der Waals surface area contributed by atoms with E-state index in [0.29, 0.717) is 41.5 Å². The summed E-state index contributed by atoms with van der Waals surface area (Å²) in [7, 11) is 0. The van der Waals surface area contributed by atoms with E-state index in [1.807, 2.05) is 48.5 Å². The summed E-state index contributed by atoms with van der Waals surface area (Å²) in [5.41, 5.74) is 2.33. The second kappa shape index (κ2) is 7.24. The number of aryl methyl sites for hydroxylation is 2. The van der Waals surface area contributed by atoms with Gasteiger partial charge >= 0.3 is 0 Å². The summed E-state index contributed by atoms with van der Waals surface area (Å²) in [5, 5.41) is 1.55. The van der Waals surface area contributed by atoms with Crippen molar-refractivity contribution in [2.45, 2.75) is 19.5 Å². The second-order valence-corrected chi connectivity index (χ2v) is 8.31. The Hall–Kier alpha value is -4.06. The SMILES string of the molecule is O=c1c(-c2ccccc2)cc2ccc3cc(-c4cc(F)ccc4F)c(=O)n4c3c2n1CCC4. The molecule has 162 valence electrons. The highest BCUT2D eigenvalue weighted by Gasteiger charge is 2.21. The van der Waals surface area contributed by atoms with Gasteiger partial charge in [0.2, 0.25) is 0 Å². The lowest BCUT2D eigenvalue weighted by Crippen LogP contribution is -2.22. The van der Waals surface area contributed by atoms with E-state index < -0.39 is 17.2 Å². The first-order valence-electron chi connectivity index (χ1n) is 10.8. The van der Waals surface area contributed by atoms with Gasteiger partial charge in [-0.3, -0.25) is 9.59 Å². The Morgan fingerprint density at radius 2 is 1.24 bits per heavy atom. The summed E-state index contributed by atoms with van der Waals surface area (Å²) in [6.45, 7) is 0.834. The van der Waals surface area contributed by atoms with Gasteiger partial charge in [0.15, 0.2) is 0 Å². The molecule has 0 atom stereocenters.